The summed E-state index contributed by atoms with van der Waals surface area (Å²) < 4.78 is 0. The van der Waals surface area contributed by atoms with Gasteiger partial charge in [-0.25, -0.2) is 0 Å². The number of nitrogens with zero attached hydrogens (tertiary/aromatic N) is 1. The molecule has 0 atom stereocenters. The van der Waals surface area contributed by atoms with Crippen molar-refractivity contribution in [3.05, 3.63) is 71.3 Å². The Morgan fingerprint density at radius 2 is 1.40 bits per heavy atom. The van der Waals surface area contributed by atoms with E-state index in [1.807, 2.05) is 0 Å². The third-order valence-electron chi connectivity index (χ3n) is 3.50. The molecule has 0 aliphatic carbocycles. The van der Waals surface area contributed by atoms with Crippen molar-refractivity contribution >= 4 is 0 Å². The Bertz CT molecular complexity index is 493. The second kappa shape index (κ2) is 7.83. The van der Waals surface area contributed by atoms with E-state index in [0.29, 0.717) is 0 Å². The summed E-state index contributed by atoms with van der Waals surface area (Å²) in [5.74, 6) is 0. The topological polar surface area (TPSA) is 23.5 Å². The molecule has 2 aromatic carbocycles. The van der Waals surface area contributed by atoms with Crippen molar-refractivity contribution in [1.29, 1.82) is 0 Å². The molecule has 2 aromatic rings. The van der Waals surface area contributed by atoms with Crippen LogP contribution in [0.25, 0.3) is 0 Å². The van der Waals surface area contributed by atoms with Crippen molar-refractivity contribution in [3.63, 3.8) is 0 Å². The van der Waals surface area contributed by atoms with E-state index in [4.69, 9.17) is 5.11 Å². The van der Waals surface area contributed by atoms with Crippen LogP contribution < -0.4 is 0 Å². The molecule has 0 saturated heterocycles. The van der Waals surface area contributed by atoms with Gasteiger partial charge in [-0.05, 0) is 36.6 Å². The molecule has 0 spiro atoms. The fraction of sp³-hybridized carbons (Fsp3) is 0.333. The van der Waals surface area contributed by atoms with Gasteiger partial charge in [0.15, 0.2) is 0 Å². The van der Waals surface area contributed by atoms with E-state index in [2.05, 4.69) is 66.5 Å². The van der Waals surface area contributed by atoms with Crippen LogP contribution in [-0.4, -0.2) is 30.2 Å². The molecule has 0 aromatic heterocycles. The van der Waals surface area contributed by atoms with Crippen LogP contribution in [0.1, 0.15) is 16.7 Å². The van der Waals surface area contributed by atoms with Crippen LogP contribution in [-0.2, 0) is 19.4 Å². The molecule has 106 valence electrons. The van der Waals surface area contributed by atoms with Gasteiger partial charge in [-0.3, -0.25) is 0 Å². The number of aliphatic hydroxyl groups is 1. The summed E-state index contributed by atoms with van der Waals surface area (Å²) in [5, 5.41) is 8.90. The first-order valence-electron chi connectivity index (χ1n) is 7.19. The molecule has 0 heterocycles. The Balaban J connectivity index is 1.79. The van der Waals surface area contributed by atoms with E-state index in [1.54, 1.807) is 0 Å². The van der Waals surface area contributed by atoms with Crippen LogP contribution in [0.15, 0.2) is 54.6 Å². The predicted octanol–water partition coefficient (Wildman–Crippen LogP) is 2.90. The minimum absolute atomic E-state index is 0.221. The van der Waals surface area contributed by atoms with E-state index in [0.717, 1.165) is 25.9 Å². The monoisotopic (exact) mass is 269 g/mol. The molecule has 2 nitrogen and oxygen atoms in total. The van der Waals surface area contributed by atoms with Gasteiger partial charge in [-0.15, -0.1) is 0 Å². The number of benzene rings is 2. The summed E-state index contributed by atoms with van der Waals surface area (Å²) in [6.45, 7) is 2.26. The highest BCUT2D eigenvalue weighted by Gasteiger charge is 2.01. The molecule has 0 amide bonds. The molecule has 1 N–H and O–H groups in total. The zero-order chi connectivity index (χ0) is 14.2. The Labute approximate surface area is 121 Å². The summed E-state index contributed by atoms with van der Waals surface area (Å²) in [6, 6.07) is 19.1. The molecule has 0 saturated carbocycles. The highest BCUT2D eigenvalue weighted by molar-refractivity contribution is 5.23. The van der Waals surface area contributed by atoms with E-state index >= 15 is 0 Å². The Hall–Kier alpha value is -1.64. The van der Waals surface area contributed by atoms with Crippen molar-refractivity contribution in [2.75, 3.05) is 20.2 Å². The van der Waals surface area contributed by atoms with Gasteiger partial charge in [0, 0.05) is 19.7 Å². The van der Waals surface area contributed by atoms with Gasteiger partial charge in [0.25, 0.3) is 0 Å². The van der Waals surface area contributed by atoms with Gasteiger partial charge in [0.2, 0.25) is 0 Å². The van der Waals surface area contributed by atoms with Crippen molar-refractivity contribution in [1.82, 2.24) is 4.90 Å². The zero-order valence-electron chi connectivity index (χ0n) is 12.1. The van der Waals surface area contributed by atoms with Crippen molar-refractivity contribution in [2.45, 2.75) is 19.4 Å². The molecule has 0 aliphatic heterocycles. The van der Waals surface area contributed by atoms with Gasteiger partial charge < -0.3 is 10.0 Å². The maximum absolute atomic E-state index is 8.90. The minimum Gasteiger partial charge on any atom is -0.396 e. The van der Waals surface area contributed by atoms with Crippen LogP contribution in [0.2, 0.25) is 0 Å². The minimum atomic E-state index is 0.221. The maximum Gasteiger partial charge on any atom is 0.0471 e. The highest BCUT2D eigenvalue weighted by Crippen LogP contribution is 2.08. The van der Waals surface area contributed by atoms with Crippen LogP contribution in [0.3, 0.4) is 0 Å². The highest BCUT2D eigenvalue weighted by atomic mass is 16.2. The first kappa shape index (κ1) is 14.8. The number of rotatable bonds is 7. The smallest absolute Gasteiger partial charge is 0.0471 e. The molecule has 0 fully saturated rings. The van der Waals surface area contributed by atoms with E-state index in [-0.39, 0.29) is 6.61 Å². The molecular formula is C18H23NO. The number of hydrogen-bond acceptors (Lipinski definition) is 2. The molecule has 0 unspecified atom stereocenters. The van der Waals surface area contributed by atoms with E-state index in [9.17, 15) is 0 Å². The summed E-state index contributed by atoms with van der Waals surface area (Å²) in [4.78, 5) is 2.34. The predicted molar refractivity (Wildman–Crippen MR) is 83.7 cm³/mol. The summed E-state index contributed by atoms with van der Waals surface area (Å²) >= 11 is 0. The standard InChI is InChI=1S/C18H23NO/c1-19(15-18-5-3-2-4-6-18)13-11-16-7-9-17(10-8-16)12-14-20/h2-10,20H,11-15H2,1H3. The van der Waals surface area contributed by atoms with Crippen LogP contribution >= 0.6 is 0 Å². The van der Waals surface area contributed by atoms with Crippen LogP contribution in [0.4, 0.5) is 0 Å². The Kier molecular flexibility index (Phi) is 5.78. The summed E-state index contributed by atoms with van der Waals surface area (Å²) in [5.41, 5.74) is 3.91. The molecule has 2 rings (SSSR count). The number of hydrogen-bond donors (Lipinski definition) is 1. The van der Waals surface area contributed by atoms with E-state index < -0.39 is 0 Å². The van der Waals surface area contributed by atoms with Gasteiger partial charge >= 0.3 is 0 Å². The van der Waals surface area contributed by atoms with Gasteiger partial charge in [0.1, 0.15) is 0 Å². The van der Waals surface area contributed by atoms with Crippen LogP contribution in [0, 0.1) is 0 Å². The van der Waals surface area contributed by atoms with E-state index in [1.165, 1.54) is 16.7 Å². The lowest BCUT2D eigenvalue weighted by molar-refractivity contribution is 0.299. The lowest BCUT2D eigenvalue weighted by Gasteiger charge is -2.16. The Morgan fingerprint density at radius 3 is 2.00 bits per heavy atom. The maximum atomic E-state index is 8.90. The normalized spacial score (nSPS) is 10.9. The van der Waals surface area contributed by atoms with Crippen molar-refractivity contribution < 1.29 is 5.11 Å². The quantitative estimate of drug-likeness (QED) is 0.835. The van der Waals surface area contributed by atoms with Gasteiger partial charge in [-0.1, -0.05) is 54.6 Å². The van der Waals surface area contributed by atoms with Crippen LogP contribution in [0.5, 0.6) is 0 Å². The first-order valence-corrected chi connectivity index (χ1v) is 7.19. The molecule has 20 heavy (non-hydrogen) atoms. The van der Waals surface area contributed by atoms with Gasteiger partial charge in [0.05, 0.1) is 0 Å². The fourth-order valence-electron chi connectivity index (χ4n) is 2.30. The fourth-order valence-corrected chi connectivity index (χ4v) is 2.30. The van der Waals surface area contributed by atoms with Gasteiger partial charge in [-0.2, -0.15) is 0 Å². The number of likely N-dealkylation sites (N-methyl/N-ethyl adjacent to an activating group) is 1. The first-order chi connectivity index (χ1) is 9.78. The SMILES string of the molecule is CN(CCc1ccc(CCO)cc1)Cc1ccccc1. The second-order valence-electron chi connectivity index (χ2n) is 5.26. The third kappa shape index (κ3) is 4.80. The average molecular weight is 269 g/mol. The zero-order valence-corrected chi connectivity index (χ0v) is 12.1. The summed E-state index contributed by atoms with van der Waals surface area (Å²) in [6.07, 6.45) is 1.80. The molecule has 0 aliphatic rings. The Morgan fingerprint density at radius 1 is 0.800 bits per heavy atom. The lowest BCUT2D eigenvalue weighted by Crippen LogP contribution is -2.20. The molecule has 0 bridgehead atoms. The number of aliphatic hydroxyl groups excluding tert-OH is 1. The molecular weight excluding hydrogens is 246 g/mol. The lowest BCUT2D eigenvalue weighted by atomic mass is 10.1. The molecule has 2 heteroatoms. The largest absolute Gasteiger partial charge is 0.396 e. The van der Waals surface area contributed by atoms with Crippen molar-refractivity contribution in [2.24, 2.45) is 0 Å². The summed E-state index contributed by atoms with van der Waals surface area (Å²) in [7, 11) is 2.16. The molecule has 0 radical (unpaired) electrons. The second-order valence-corrected chi connectivity index (χ2v) is 5.26. The van der Waals surface area contributed by atoms with Crippen molar-refractivity contribution in [3.8, 4) is 0 Å². The average Bonchev–Trinajstić information content (AvgIpc) is 2.48. The third-order valence-corrected chi connectivity index (χ3v) is 3.50.